The van der Waals surface area contributed by atoms with Crippen molar-refractivity contribution in [3.8, 4) is 0 Å². The number of carbonyl (C=O) groups is 2. The van der Waals surface area contributed by atoms with Gasteiger partial charge in [-0.05, 0) is 0 Å². The minimum atomic E-state index is -1.26. The molecule has 0 bridgehead atoms. The van der Waals surface area contributed by atoms with Crippen LogP contribution in [0.4, 0.5) is 0 Å². The summed E-state index contributed by atoms with van der Waals surface area (Å²) in [4.78, 5) is 19.1. The number of aliphatic carboxylic acids is 2. The van der Waals surface area contributed by atoms with E-state index in [4.69, 9.17) is 10.2 Å². The van der Waals surface area contributed by atoms with Crippen LogP contribution in [0.1, 0.15) is 0 Å². The predicted molar refractivity (Wildman–Crippen MR) is 35.2 cm³/mol. The van der Waals surface area contributed by atoms with Gasteiger partial charge in [0.1, 0.15) is 0 Å². The molecule has 5 nitrogen and oxygen atoms in total. The van der Waals surface area contributed by atoms with E-state index < -0.39 is 11.9 Å². The quantitative estimate of drug-likeness (QED) is 0.428. The number of hydrogen-bond acceptors (Lipinski definition) is 3. The van der Waals surface area contributed by atoms with Crippen LogP contribution in [0.3, 0.4) is 0 Å². The Morgan fingerprint density at radius 1 is 1.09 bits per heavy atom. The van der Waals surface area contributed by atoms with Gasteiger partial charge in [-0.15, -0.1) is 0 Å². The average molecular weight is 160 g/mol. The van der Waals surface area contributed by atoms with E-state index in [1.165, 1.54) is 0 Å². The Morgan fingerprint density at radius 2 is 1.36 bits per heavy atom. The SMILES string of the molecule is C1CO1.O=C(O)/C=C\C(=O)O. The van der Waals surface area contributed by atoms with Gasteiger partial charge in [-0.2, -0.15) is 0 Å². The van der Waals surface area contributed by atoms with Crippen molar-refractivity contribution in [1.29, 1.82) is 0 Å². The second-order valence-electron chi connectivity index (χ2n) is 1.62. The van der Waals surface area contributed by atoms with E-state index in [1.807, 2.05) is 0 Å². The summed E-state index contributed by atoms with van der Waals surface area (Å²) in [6.07, 6.45) is 1.12. The van der Waals surface area contributed by atoms with E-state index in [-0.39, 0.29) is 0 Å². The summed E-state index contributed by atoms with van der Waals surface area (Å²) >= 11 is 0. The van der Waals surface area contributed by atoms with Crippen LogP contribution in [0.5, 0.6) is 0 Å². The summed E-state index contributed by atoms with van der Waals surface area (Å²) in [6.45, 7) is 2.00. The molecule has 0 amide bonds. The standard InChI is InChI=1S/C4H4O4.C2H4O/c5-3(6)1-2-4(7)8;1-2-3-1/h1-2H,(H,5,6)(H,7,8);1-2H2/b2-1-;. The third-order valence-electron chi connectivity index (χ3n) is 0.573. The molecule has 0 aromatic carbocycles. The molecule has 1 aliphatic rings. The van der Waals surface area contributed by atoms with Crippen LogP contribution >= 0.6 is 0 Å². The molecule has 0 aliphatic carbocycles. The number of carboxylic acid groups (broad SMARTS) is 2. The van der Waals surface area contributed by atoms with E-state index in [1.54, 1.807) is 0 Å². The fraction of sp³-hybridized carbons (Fsp3) is 0.333. The molecular formula is C6H8O5. The smallest absolute Gasteiger partial charge is 0.328 e. The van der Waals surface area contributed by atoms with Crippen LogP contribution in [0, 0.1) is 0 Å². The molecule has 0 saturated carbocycles. The maximum absolute atomic E-state index is 9.55. The molecule has 1 heterocycles. The molecule has 1 aliphatic heterocycles. The lowest BCUT2D eigenvalue weighted by atomic mass is 10.5. The van der Waals surface area contributed by atoms with Crippen LogP contribution in [0.15, 0.2) is 12.2 Å². The van der Waals surface area contributed by atoms with Gasteiger partial charge in [0.15, 0.2) is 0 Å². The molecule has 0 aromatic rings. The maximum atomic E-state index is 9.55. The van der Waals surface area contributed by atoms with Crippen molar-refractivity contribution < 1.29 is 24.5 Å². The van der Waals surface area contributed by atoms with Crippen LogP contribution in [0.2, 0.25) is 0 Å². The van der Waals surface area contributed by atoms with Crippen LogP contribution in [-0.4, -0.2) is 35.4 Å². The fourth-order valence-electron chi connectivity index (χ4n) is 0.143. The molecule has 0 unspecified atom stereocenters. The van der Waals surface area contributed by atoms with Crippen molar-refractivity contribution in [2.24, 2.45) is 0 Å². The Kier molecular flexibility index (Phi) is 4.76. The van der Waals surface area contributed by atoms with Gasteiger partial charge >= 0.3 is 11.9 Å². The maximum Gasteiger partial charge on any atom is 0.328 e. The first-order valence-electron chi connectivity index (χ1n) is 2.84. The second kappa shape index (κ2) is 5.43. The molecule has 0 radical (unpaired) electrons. The van der Waals surface area contributed by atoms with E-state index >= 15 is 0 Å². The van der Waals surface area contributed by atoms with E-state index in [2.05, 4.69) is 4.74 Å². The number of hydrogen-bond donors (Lipinski definition) is 2. The lowest BCUT2D eigenvalue weighted by Crippen LogP contribution is -1.91. The topological polar surface area (TPSA) is 87.1 Å². The third-order valence-corrected chi connectivity index (χ3v) is 0.573. The van der Waals surface area contributed by atoms with Gasteiger partial charge in [0, 0.05) is 12.2 Å². The summed E-state index contributed by atoms with van der Waals surface area (Å²) in [6, 6.07) is 0. The van der Waals surface area contributed by atoms with E-state index in [9.17, 15) is 9.59 Å². The highest BCUT2D eigenvalue weighted by atomic mass is 16.6. The first-order chi connectivity index (χ1) is 5.13. The lowest BCUT2D eigenvalue weighted by Gasteiger charge is -1.74. The highest BCUT2D eigenvalue weighted by Gasteiger charge is 1.94. The highest BCUT2D eigenvalue weighted by Crippen LogP contribution is 1.84. The molecule has 5 heteroatoms. The predicted octanol–water partition coefficient (Wildman–Crippen LogP) is -0.272. The summed E-state index contributed by atoms with van der Waals surface area (Å²) in [5, 5.41) is 15.6. The number of ether oxygens (including phenoxy) is 1. The summed E-state index contributed by atoms with van der Waals surface area (Å²) < 4.78 is 4.50. The van der Waals surface area contributed by atoms with Crippen molar-refractivity contribution in [3.05, 3.63) is 12.2 Å². The second-order valence-corrected chi connectivity index (χ2v) is 1.62. The van der Waals surface area contributed by atoms with Gasteiger partial charge in [-0.3, -0.25) is 0 Å². The molecule has 0 atom stereocenters. The molecule has 2 N–H and O–H groups in total. The molecule has 1 rings (SSSR count). The third kappa shape index (κ3) is 17.7. The zero-order chi connectivity index (χ0) is 8.69. The van der Waals surface area contributed by atoms with Crippen LogP contribution in [0.25, 0.3) is 0 Å². The Hall–Kier alpha value is -1.36. The molecule has 62 valence electrons. The van der Waals surface area contributed by atoms with Gasteiger partial charge in [0.2, 0.25) is 0 Å². The number of rotatable bonds is 2. The van der Waals surface area contributed by atoms with E-state index in [0.717, 1.165) is 13.2 Å². The Labute approximate surface area is 62.9 Å². The van der Waals surface area contributed by atoms with Gasteiger partial charge in [0.05, 0.1) is 13.2 Å². The highest BCUT2D eigenvalue weighted by molar-refractivity contribution is 5.89. The Balaban J connectivity index is 0.000000271. The summed E-state index contributed by atoms with van der Waals surface area (Å²) in [5.41, 5.74) is 0. The Morgan fingerprint density at radius 3 is 1.45 bits per heavy atom. The molecular weight excluding hydrogens is 152 g/mol. The van der Waals surface area contributed by atoms with E-state index in [0.29, 0.717) is 12.2 Å². The Bertz CT molecular complexity index is 151. The summed E-state index contributed by atoms with van der Waals surface area (Å²) in [7, 11) is 0. The molecule has 1 fully saturated rings. The molecule has 0 spiro atoms. The number of epoxide rings is 1. The lowest BCUT2D eigenvalue weighted by molar-refractivity contribution is -0.134. The fourth-order valence-corrected chi connectivity index (χ4v) is 0.143. The van der Waals surface area contributed by atoms with Crippen molar-refractivity contribution in [2.75, 3.05) is 13.2 Å². The zero-order valence-corrected chi connectivity index (χ0v) is 5.69. The number of carboxylic acids is 2. The van der Waals surface area contributed by atoms with Crippen LogP contribution in [-0.2, 0) is 14.3 Å². The monoisotopic (exact) mass is 160 g/mol. The van der Waals surface area contributed by atoms with Crippen molar-refractivity contribution in [2.45, 2.75) is 0 Å². The van der Waals surface area contributed by atoms with Gasteiger partial charge in [-0.25, -0.2) is 9.59 Å². The zero-order valence-electron chi connectivity index (χ0n) is 5.69. The first kappa shape index (κ1) is 9.64. The molecule has 1 saturated heterocycles. The molecule has 11 heavy (non-hydrogen) atoms. The summed E-state index contributed by atoms with van der Waals surface area (Å²) in [5.74, 6) is -2.51. The minimum Gasteiger partial charge on any atom is -0.478 e. The minimum absolute atomic E-state index is 0.558. The van der Waals surface area contributed by atoms with Gasteiger partial charge < -0.3 is 14.9 Å². The molecule has 0 aromatic heterocycles. The van der Waals surface area contributed by atoms with Crippen molar-refractivity contribution in [3.63, 3.8) is 0 Å². The van der Waals surface area contributed by atoms with Crippen molar-refractivity contribution in [1.82, 2.24) is 0 Å². The average Bonchev–Trinajstić information content (AvgIpc) is 2.67. The van der Waals surface area contributed by atoms with Crippen molar-refractivity contribution >= 4 is 11.9 Å². The first-order valence-corrected chi connectivity index (χ1v) is 2.84. The largest absolute Gasteiger partial charge is 0.478 e. The van der Waals surface area contributed by atoms with Gasteiger partial charge in [0.25, 0.3) is 0 Å². The normalized spacial score (nSPS) is 13.5. The van der Waals surface area contributed by atoms with Crippen LogP contribution < -0.4 is 0 Å². The van der Waals surface area contributed by atoms with Gasteiger partial charge in [-0.1, -0.05) is 0 Å².